The molecule has 0 fully saturated rings. The van der Waals surface area contributed by atoms with Crippen molar-refractivity contribution in [2.45, 2.75) is 26.9 Å². The van der Waals surface area contributed by atoms with E-state index in [4.69, 9.17) is 0 Å². The van der Waals surface area contributed by atoms with E-state index < -0.39 is 0 Å². The smallest absolute Gasteiger partial charge is 0.242 e. The van der Waals surface area contributed by atoms with Crippen LogP contribution in [0.2, 0.25) is 0 Å². The van der Waals surface area contributed by atoms with Crippen molar-refractivity contribution < 1.29 is 14.0 Å². The molecule has 2 N–H and O–H groups in total. The number of hydrogen-bond donors (Lipinski definition) is 2. The molecule has 122 valence electrons. The Morgan fingerprint density at radius 3 is 2.83 bits per heavy atom. The van der Waals surface area contributed by atoms with E-state index in [1.807, 2.05) is 0 Å². The van der Waals surface area contributed by atoms with Crippen molar-refractivity contribution in [2.75, 3.05) is 5.32 Å². The Kier molecular flexibility index (Phi) is 5.40. The Labute approximate surface area is 132 Å². The number of benzene rings is 1. The molecule has 0 saturated carbocycles. The van der Waals surface area contributed by atoms with E-state index in [0.29, 0.717) is 11.4 Å². The third kappa shape index (κ3) is 5.17. The van der Waals surface area contributed by atoms with E-state index >= 15 is 0 Å². The van der Waals surface area contributed by atoms with Gasteiger partial charge in [0.25, 0.3) is 0 Å². The predicted molar refractivity (Wildman–Crippen MR) is 81.7 cm³/mol. The standard InChI is InChI=1S/C15H18FN5O2/c1-10(2)15(23)18-13-8-21(20-19-13)9-14(22)17-7-11-4-3-5-12(16)6-11/h3-6,8,10H,7,9H2,1-2H3,(H,17,22)(H,18,23). The lowest BCUT2D eigenvalue weighted by Gasteiger charge is -2.05. The normalized spacial score (nSPS) is 10.6. The number of carbonyl (C=O) groups is 2. The molecule has 0 aliphatic heterocycles. The number of amides is 2. The van der Waals surface area contributed by atoms with Crippen molar-refractivity contribution in [3.63, 3.8) is 0 Å². The number of carbonyl (C=O) groups excluding carboxylic acids is 2. The first-order chi connectivity index (χ1) is 10.9. The molecule has 8 heteroatoms. The van der Waals surface area contributed by atoms with Crippen LogP contribution in [0.3, 0.4) is 0 Å². The molecule has 1 aromatic carbocycles. The van der Waals surface area contributed by atoms with Gasteiger partial charge in [-0.2, -0.15) is 0 Å². The average Bonchev–Trinajstić information content (AvgIpc) is 2.92. The molecular formula is C15H18FN5O2. The fraction of sp³-hybridized carbons (Fsp3) is 0.333. The van der Waals surface area contributed by atoms with E-state index in [1.165, 1.54) is 23.0 Å². The number of nitrogens with zero attached hydrogens (tertiary/aromatic N) is 3. The maximum atomic E-state index is 13.0. The SMILES string of the molecule is CC(C)C(=O)Nc1cn(CC(=O)NCc2cccc(F)c2)nn1. The maximum Gasteiger partial charge on any atom is 0.242 e. The second-order valence-electron chi connectivity index (χ2n) is 5.35. The highest BCUT2D eigenvalue weighted by Gasteiger charge is 2.11. The molecule has 7 nitrogen and oxygen atoms in total. The Bertz CT molecular complexity index is 699. The molecule has 0 atom stereocenters. The molecular weight excluding hydrogens is 301 g/mol. The first-order valence-electron chi connectivity index (χ1n) is 7.16. The number of nitrogens with one attached hydrogen (secondary N) is 2. The third-order valence-electron chi connectivity index (χ3n) is 3.00. The maximum absolute atomic E-state index is 13.0. The van der Waals surface area contributed by atoms with E-state index in [-0.39, 0.29) is 36.6 Å². The molecule has 0 aliphatic carbocycles. The molecule has 0 saturated heterocycles. The number of halogens is 1. The Morgan fingerprint density at radius 1 is 1.35 bits per heavy atom. The summed E-state index contributed by atoms with van der Waals surface area (Å²) in [6, 6.07) is 6.00. The molecule has 0 bridgehead atoms. The molecule has 2 rings (SSSR count). The highest BCUT2D eigenvalue weighted by molar-refractivity contribution is 5.90. The Morgan fingerprint density at radius 2 is 2.13 bits per heavy atom. The van der Waals surface area contributed by atoms with Crippen LogP contribution in [-0.2, 0) is 22.7 Å². The Balaban J connectivity index is 1.83. The van der Waals surface area contributed by atoms with Crippen LogP contribution in [0.5, 0.6) is 0 Å². The summed E-state index contributed by atoms with van der Waals surface area (Å²) >= 11 is 0. The minimum absolute atomic E-state index is 0.0418. The molecule has 2 aromatic rings. The fourth-order valence-corrected chi connectivity index (χ4v) is 1.75. The molecule has 0 radical (unpaired) electrons. The van der Waals surface area contributed by atoms with Gasteiger partial charge in [0, 0.05) is 12.5 Å². The summed E-state index contributed by atoms with van der Waals surface area (Å²) < 4.78 is 14.3. The lowest BCUT2D eigenvalue weighted by molar-refractivity contribution is -0.122. The highest BCUT2D eigenvalue weighted by atomic mass is 19.1. The first-order valence-corrected chi connectivity index (χ1v) is 7.16. The minimum Gasteiger partial charge on any atom is -0.350 e. The zero-order valence-electron chi connectivity index (χ0n) is 12.9. The quantitative estimate of drug-likeness (QED) is 0.840. The van der Waals surface area contributed by atoms with Crippen LogP contribution in [0.4, 0.5) is 10.2 Å². The molecule has 1 heterocycles. The van der Waals surface area contributed by atoms with Crippen LogP contribution < -0.4 is 10.6 Å². The topological polar surface area (TPSA) is 88.9 Å². The zero-order valence-corrected chi connectivity index (χ0v) is 12.9. The second kappa shape index (κ2) is 7.48. The number of hydrogen-bond acceptors (Lipinski definition) is 4. The van der Waals surface area contributed by atoms with Gasteiger partial charge in [-0.25, -0.2) is 9.07 Å². The van der Waals surface area contributed by atoms with Gasteiger partial charge in [0.2, 0.25) is 11.8 Å². The molecule has 23 heavy (non-hydrogen) atoms. The van der Waals surface area contributed by atoms with Crippen molar-refractivity contribution >= 4 is 17.6 Å². The van der Waals surface area contributed by atoms with Crippen molar-refractivity contribution in [1.29, 1.82) is 0 Å². The summed E-state index contributed by atoms with van der Waals surface area (Å²) in [6.07, 6.45) is 1.47. The monoisotopic (exact) mass is 319 g/mol. The molecule has 1 aromatic heterocycles. The van der Waals surface area contributed by atoms with Crippen molar-refractivity contribution in [3.05, 3.63) is 41.8 Å². The van der Waals surface area contributed by atoms with Crippen molar-refractivity contribution in [2.24, 2.45) is 5.92 Å². The molecule has 0 spiro atoms. The van der Waals surface area contributed by atoms with Crippen LogP contribution in [0, 0.1) is 11.7 Å². The first kappa shape index (κ1) is 16.6. The summed E-state index contributed by atoms with van der Waals surface area (Å²) in [5.41, 5.74) is 0.668. The number of rotatable bonds is 6. The van der Waals surface area contributed by atoms with Gasteiger partial charge in [-0.3, -0.25) is 9.59 Å². The van der Waals surface area contributed by atoms with E-state index in [9.17, 15) is 14.0 Å². The molecule has 0 aliphatic rings. The van der Waals surface area contributed by atoms with Gasteiger partial charge < -0.3 is 10.6 Å². The average molecular weight is 319 g/mol. The Hall–Kier alpha value is -2.77. The second-order valence-corrected chi connectivity index (χ2v) is 5.35. The van der Waals surface area contributed by atoms with Gasteiger partial charge in [-0.1, -0.05) is 31.2 Å². The molecule has 2 amide bonds. The third-order valence-corrected chi connectivity index (χ3v) is 3.00. The van der Waals surface area contributed by atoms with Gasteiger partial charge in [0.1, 0.15) is 12.4 Å². The zero-order chi connectivity index (χ0) is 16.8. The molecule has 0 unspecified atom stereocenters. The van der Waals surface area contributed by atoms with Gasteiger partial charge in [0.15, 0.2) is 5.82 Å². The van der Waals surface area contributed by atoms with Crippen molar-refractivity contribution in [1.82, 2.24) is 20.3 Å². The van der Waals surface area contributed by atoms with Gasteiger partial charge in [-0.05, 0) is 17.7 Å². The lowest BCUT2D eigenvalue weighted by atomic mass is 10.2. The van der Waals surface area contributed by atoms with Gasteiger partial charge in [-0.15, -0.1) is 5.10 Å². The van der Waals surface area contributed by atoms with Crippen LogP contribution in [0.15, 0.2) is 30.5 Å². The van der Waals surface area contributed by atoms with Crippen molar-refractivity contribution in [3.8, 4) is 0 Å². The van der Waals surface area contributed by atoms with Crippen LogP contribution in [0.1, 0.15) is 19.4 Å². The summed E-state index contributed by atoms with van der Waals surface area (Å²) in [5.74, 6) is -0.691. The van der Waals surface area contributed by atoms with E-state index in [1.54, 1.807) is 26.0 Å². The lowest BCUT2D eigenvalue weighted by Crippen LogP contribution is -2.27. The van der Waals surface area contributed by atoms with E-state index in [0.717, 1.165) is 0 Å². The van der Waals surface area contributed by atoms with E-state index in [2.05, 4.69) is 20.9 Å². The highest BCUT2D eigenvalue weighted by Crippen LogP contribution is 2.04. The summed E-state index contributed by atoms with van der Waals surface area (Å²) in [7, 11) is 0. The summed E-state index contributed by atoms with van der Waals surface area (Å²) in [4.78, 5) is 23.4. The van der Waals surface area contributed by atoms with Gasteiger partial charge >= 0.3 is 0 Å². The van der Waals surface area contributed by atoms with Crippen LogP contribution in [-0.4, -0.2) is 26.8 Å². The van der Waals surface area contributed by atoms with Crippen LogP contribution >= 0.6 is 0 Å². The largest absolute Gasteiger partial charge is 0.350 e. The minimum atomic E-state index is -0.349. The van der Waals surface area contributed by atoms with Gasteiger partial charge in [0.05, 0.1) is 6.20 Å². The fourth-order valence-electron chi connectivity index (χ4n) is 1.75. The number of anilines is 1. The predicted octanol–water partition coefficient (Wildman–Crippen LogP) is 1.33. The number of aromatic nitrogens is 3. The summed E-state index contributed by atoms with van der Waals surface area (Å²) in [6.45, 7) is 3.71. The van der Waals surface area contributed by atoms with Crippen LogP contribution in [0.25, 0.3) is 0 Å². The summed E-state index contributed by atoms with van der Waals surface area (Å²) in [5, 5.41) is 12.8.